The van der Waals surface area contributed by atoms with Gasteiger partial charge in [0.05, 0.1) is 29.1 Å². The number of allylic oxidation sites excluding steroid dienone is 1. The van der Waals surface area contributed by atoms with E-state index in [1.165, 1.54) is 11.6 Å². The molecule has 0 aliphatic carbocycles. The standard InChI is InChI=1S/C26H21Cl2NO3/c1-15-7-9-17(10-8-15)20-14-32-24-13-23(31-3)18(12-19(20)24)16(2)11-25(30)29-22-6-4-5-21(27)26(22)28/h4-14H,1-3H3,(H,29,30)/b16-11+. The highest BCUT2D eigenvalue weighted by molar-refractivity contribution is 6.44. The first-order chi connectivity index (χ1) is 15.4. The van der Waals surface area contributed by atoms with E-state index in [2.05, 4.69) is 36.5 Å². The number of nitrogens with one attached hydrogen (secondary N) is 1. The summed E-state index contributed by atoms with van der Waals surface area (Å²) in [4.78, 5) is 12.6. The number of ether oxygens (including phenoxy) is 1. The maximum atomic E-state index is 12.6. The molecule has 4 nitrogen and oxygen atoms in total. The number of hydrogen-bond acceptors (Lipinski definition) is 3. The zero-order valence-corrected chi connectivity index (χ0v) is 19.3. The molecule has 0 saturated heterocycles. The first-order valence-corrected chi connectivity index (χ1v) is 10.7. The fourth-order valence-corrected chi connectivity index (χ4v) is 3.88. The Hall–Kier alpha value is -3.21. The number of aryl methyl sites for hydroxylation is 1. The summed E-state index contributed by atoms with van der Waals surface area (Å²) in [6.45, 7) is 3.91. The second-order valence-electron chi connectivity index (χ2n) is 7.48. The summed E-state index contributed by atoms with van der Waals surface area (Å²) in [5.41, 5.74) is 5.91. The molecule has 4 aromatic rings. The van der Waals surface area contributed by atoms with Crippen LogP contribution in [-0.2, 0) is 4.79 Å². The van der Waals surface area contributed by atoms with Crippen molar-refractivity contribution < 1.29 is 13.9 Å². The van der Waals surface area contributed by atoms with Crippen molar-refractivity contribution in [3.63, 3.8) is 0 Å². The van der Waals surface area contributed by atoms with Crippen LogP contribution in [0.5, 0.6) is 5.75 Å². The zero-order chi connectivity index (χ0) is 22.8. The van der Waals surface area contributed by atoms with Crippen LogP contribution in [-0.4, -0.2) is 13.0 Å². The Kier molecular flexibility index (Phi) is 6.26. The van der Waals surface area contributed by atoms with Gasteiger partial charge in [-0.05, 0) is 43.2 Å². The number of amides is 1. The van der Waals surface area contributed by atoms with Crippen molar-refractivity contribution in [3.05, 3.63) is 88.1 Å². The summed E-state index contributed by atoms with van der Waals surface area (Å²) in [5.74, 6) is 0.296. The highest BCUT2D eigenvalue weighted by Crippen LogP contribution is 2.37. The maximum absolute atomic E-state index is 12.6. The van der Waals surface area contributed by atoms with E-state index in [0.717, 1.165) is 27.6 Å². The lowest BCUT2D eigenvalue weighted by molar-refractivity contribution is -0.111. The first kappa shape index (κ1) is 22.0. The van der Waals surface area contributed by atoms with E-state index in [9.17, 15) is 4.79 Å². The van der Waals surface area contributed by atoms with E-state index >= 15 is 0 Å². The molecule has 0 spiro atoms. The normalized spacial score (nSPS) is 11.6. The molecule has 1 N–H and O–H groups in total. The van der Waals surface area contributed by atoms with Gasteiger partial charge in [0.15, 0.2) is 0 Å². The number of carbonyl (C=O) groups is 1. The van der Waals surface area contributed by atoms with Gasteiger partial charge < -0.3 is 14.5 Å². The number of furan rings is 1. The van der Waals surface area contributed by atoms with E-state index in [0.29, 0.717) is 27.1 Å². The van der Waals surface area contributed by atoms with Gasteiger partial charge >= 0.3 is 0 Å². The van der Waals surface area contributed by atoms with Crippen LogP contribution in [0.15, 0.2) is 71.4 Å². The molecule has 0 unspecified atom stereocenters. The Bertz CT molecular complexity index is 1340. The SMILES string of the molecule is COc1cc2occ(-c3ccc(C)cc3)c2cc1/C(C)=C/C(=O)Nc1cccc(Cl)c1Cl. The van der Waals surface area contributed by atoms with Gasteiger partial charge in [-0.2, -0.15) is 0 Å². The molecule has 1 amide bonds. The van der Waals surface area contributed by atoms with Crippen LogP contribution in [0, 0.1) is 6.92 Å². The minimum atomic E-state index is -0.320. The molecular formula is C26H21Cl2NO3. The fraction of sp³-hybridized carbons (Fsp3) is 0.115. The van der Waals surface area contributed by atoms with Crippen molar-refractivity contribution in [2.45, 2.75) is 13.8 Å². The molecule has 4 rings (SSSR count). The third-order valence-electron chi connectivity index (χ3n) is 5.24. The van der Waals surface area contributed by atoms with Crippen LogP contribution in [0.25, 0.3) is 27.7 Å². The van der Waals surface area contributed by atoms with E-state index < -0.39 is 0 Å². The van der Waals surface area contributed by atoms with E-state index in [4.69, 9.17) is 32.4 Å². The number of fused-ring (bicyclic) bond motifs is 1. The third kappa shape index (κ3) is 4.38. The van der Waals surface area contributed by atoms with Gasteiger partial charge in [0.25, 0.3) is 0 Å². The van der Waals surface area contributed by atoms with Gasteiger partial charge in [0, 0.05) is 28.7 Å². The summed E-state index contributed by atoms with van der Waals surface area (Å²) >= 11 is 12.2. The van der Waals surface area contributed by atoms with Gasteiger partial charge in [0.2, 0.25) is 5.91 Å². The zero-order valence-electron chi connectivity index (χ0n) is 17.8. The largest absolute Gasteiger partial charge is 0.496 e. The van der Waals surface area contributed by atoms with Crippen LogP contribution in [0.4, 0.5) is 5.69 Å². The molecule has 0 atom stereocenters. The molecule has 3 aromatic carbocycles. The number of halogens is 2. The molecule has 0 aliphatic heterocycles. The minimum absolute atomic E-state index is 0.300. The Morgan fingerprint density at radius 2 is 1.84 bits per heavy atom. The lowest BCUT2D eigenvalue weighted by atomic mass is 9.99. The van der Waals surface area contributed by atoms with E-state index in [1.807, 2.05) is 19.1 Å². The summed E-state index contributed by atoms with van der Waals surface area (Å²) in [6, 6.07) is 17.2. The van der Waals surface area contributed by atoms with Crippen LogP contribution >= 0.6 is 23.2 Å². The Morgan fingerprint density at radius 1 is 1.09 bits per heavy atom. The maximum Gasteiger partial charge on any atom is 0.248 e. The van der Waals surface area contributed by atoms with Crippen molar-refractivity contribution in [1.29, 1.82) is 0 Å². The lowest BCUT2D eigenvalue weighted by Gasteiger charge is -2.11. The topological polar surface area (TPSA) is 51.5 Å². The van der Waals surface area contributed by atoms with Crippen molar-refractivity contribution in [3.8, 4) is 16.9 Å². The molecule has 6 heteroatoms. The molecule has 0 saturated carbocycles. The minimum Gasteiger partial charge on any atom is -0.496 e. The second-order valence-corrected chi connectivity index (χ2v) is 8.27. The lowest BCUT2D eigenvalue weighted by Crippen LogP contribution is -2.09. The van der Waals surface area contributed by atoms with Gasteiger partial charge in [-0.3, -0.25) is 4.79 Å². The van der Waals surface area contributed by atoms with E-state index in [1.54, 1.807) is 31.6 Å². The summed E-state index contributed by atoms with van der Waals surface area (Å²) in [5, 5.41) is 4.39. The van der Waals surface area contributed by atoms with Gasteiger partial charge in [-0.1, -0.05) is 59.1 Å². The predicted octanol–water partition coefficient (Wildman–Crippen LogP) is 7.77. The predicted molar refractivity (Wildman–Crippen MR) is 132 cm³/mol. The number of hydrogen-bond donors (Lipinski definition) is 1. The Labute approximate surface area is 196 Å². The molecule has 1 aromatic heterocycles. The molecule has 32 heavy (non-hydrogen) atoms. The molecular weight excluding hydrogens is 445 g/mol. The number of benzene rings is 3. The summed E-state index contributed by atoms with van der Waals surface area (Å²) < 4.78 is 11.4. The number of rotatable bonds is 5. The first-order valence-electron chi connectivity index (χ1n) is 9.97. The van der Waals surface area contributed by atoms with Gasteiger partial charge in [-0.25, -0.2) is 0 Å². The molecule has 1 heterocycles. The average molecular weight is 466 g/mol. The quantitative estimate of drug-likeness (QED) is 0.306. The molecule has 0 fully saturated rings. The van der Waals surface area contributed by atoms with Crippen LogP contribution in [0.2, 0.25) is 10.0 Å². The Morgan fingerprint density at radius 3 is 2.56 bits per heavy atom. The van der Waals surface area contributed by atoms with Crippen LogP contribution in [0.1, 0.15) is 18.1 Å². The van der Waals surface area contributed by atoms with Crippen molar-refractivity contribution >= 4 is 51.3 Å². The summed E-state index contributed by atoms with van der Waals surface area (Å²) in [6.07, 6.45) is 3.25. The summed E-state index contributed by atoms with van der Waals surface area (Å²) in [7, 11) is 1.59. The van der Waals surface area contributed by atoms with Crippen LogP contribution in [0.3, 0.4) is 0 Å². The molecule has 162 valence electrons. The highest BCUT2D eigenvalue weighted by Gasteiger charge is 2.15. The smallest absolute Gasteiger partial charge is 0.248 e. The average Bonchev–Trinajstić information content (AvgIpc) is 3.19. The monoisotopic (exact) mass is 465 g/mol. The molecule has 0 bridgehead atoms. The molecule has 0 aliphatic rings. The van der Waals surface area contributed by atoms with Crippen molar-refractivity contribution in [2.75, 3.05) is 12.4 Å². The van der Waals surface area contributed by atoms with E-state index in [-0.39, 0.29) is 5.91 Å². The number of carbonyl (C=O) groups excluding carboxylic acids is 1. The highest BCUT2D eigenvalue weighted by atomic mass is 35.5. The second kappa shape index (κ2) is 9.11. The fourth-order valence-electron chi connectivity index (χ4n) is 3.53. The molecule has 0 radical (unpaired) electrons. The van der Waals surface area contributed by atoms with Crippen molar-refractivity contribution in [1.82, 2.24) is 0 Å². The Balaban J connectivity index is 1.71. The number of anilines is 1. The van der Waals surface area contributed by atoms with Crippen molar-refractivity contribution in [2.24, 2.45) is 0 Å². The van der Waals surface area contributed by atoms with Gasteiger partial charge in [-0.15, -0.1) is 0 Å². The van der Waals surface area contributed by atoms with Crippen LogP contribution < -0.4 is 10.1 Å². The number of methoxy groups -OCH3 is 1. The van der Waals surface area contributed by atoms with Gasteiger partial charge in [0.1, 0.15) is 11.3 Å². The third-order valence-corrected chi connectivity index (χ3v) is 6.06.